The van der Waals surface area contributed by atoms with Crippen LogP contribution in [0.3, 0.4) is 0 Å². The van der Waals surface area contributed by atoms with Gasteiger partial charge in [-0.3, -0.25) is 4.79 Å². The fourth-order valence-corrected chi connectivity index (χ4v) is 3.43. The lowest BCUT2D eigenvalue weighted by Crippen LogP contribution is -2.21. The van der Waals surface area contributed by atoms with E-state index in [-0.39, 0.29) is 11.6 Å². The summed E-state index contributed by atoms with van der Waals surface area (Å²) in [5, 5.41) is 7.61. The molecule has 33 heavy (non-hydrogen) atoms. The standard InChI is InChI=1S/C24H24N4O5/c1-14(2)28-23-17(12-25-28)16(11-19(27-23)21-6-5-9-32-21)24(30)33-13-22(29)26-18-10-15(3)7-8-20(18)31-4/h5-12,14H,13H2,1-4H3,(H,26,29). The Morgan fingerprint density at radius 3 is 2.73 bits per heavy atom. The van der Waals surface area contributed by atoms with Crippen LogP contribution in [0.2, 0.25) is 0 Å². The third-order valence-corrected chi connectivity index (χ3v) is 5.01. The molecule has 0 aliphatic heterocycles. The van der Waals surface area contributed by atoms with Crippen molar-refractivity contribution in [3.05, 3.63) is 60.0 Å². The van der Waals surface area contributed by atoms with Gasteiger partial charge in [-0.2, -0.15) is 5.10 Å². The molecule has 0 saturated carbocycles. The quantitative estimate of drug-likeness (QED) is 0.418. The van der Waals surface area contributed by atoms with E-state index in [1.165, 1.54) is 13.4 Å². The molecule has 1 amide bonds. The van der Waals surface area contributed by atoms with Gasteiger partial charge in [0, 0.05) is 6.04 Å². The summed E-state index contributed by atoms with van der Waals surface area (Å²) < 4.78 is 17.8. The van der Waals surface area contributed by atoms with Crippen LogP contribution in [0, 0.1) is 6.92 Å². The lowest BCUT2D eigenvalue weighted by atomic mass is 10.1. The van der Waals surface area contributed by atoms with Crippen molar-refractivity contribution in [1.82, 2.24) is 14.8 Å². The molecular formula is C24H24N4O5. The Kier molecular flexibility index (Phi) is 6.12. The number of hydrogen-bond donors (Lipinski definition) is 1. The van der Waals surface area contributed by atoms with Crippen molar-refractivity contribution in [1.29, 1.82) is 0 Å². The van der Waals surface area contributed by atoms with E-state index < -0.39 is 18.5 Å². The zero-order chi connectivity index (χ0) is 23.5. The highest BCUT2D eigenvalue weighted by Gasteiger charge is 2.21. The molecule has 0 fully saturated rings. The van der Waals surface area contributed by atoms with Gasteiger partial charge in [0.2, 0.25) is 0 Å². The van der Waals surface area contributed by atoms with E-state index in [1.807, 2.05) is 26.8 Å². The molecule has 1 N–H and O–H groups in total. The number of ether oxygens (including phenoxy) is 2. The second kappa shape index (κ2) is 9.15. The second-order valence-corrected chi connectivity index (χ2v) is 7.78. The molecule has 3 heterocycles. The van der Waals surface area contributed by atoms with Crippen LogP contribution in [0.4, 0.5) is 5.69 Å². The molecule has 0 aliphatic rings. The maximum Gasteiger partial charge on any atom is 0.339 e. The van der Waals surface area contributed by atoms with Gasteiger partial charge in [-0.05, 0) is 56.7 Å². The molecule has 9 nitrogen and oxygen atoms in total. The Hall–Kier alpha value is -4.14. The van der Waals surface area contributed by atoms with Crippen molar-refractivity contribution in [3.63, 3.8) is 0 Å². The first kappa shape index (κ1) is 22.1. The summed E-state index contributed by atoms with van der Waals surface area (Å²) in [4.78, 5) is 30.0. The third-order valence-electron chi connectivity index (χ3n) is 5.01. The van der Waals surface area contributed by atoms with Crippen molar-refractivity contribution >= 4 is 28.6 Å². The molecular weight excluding hydrogens is 424 g/mol. The van der Waals surface area contributed by atoms with Crippen LogP contribution in [-0.2, 0) is 9.53 Å². The van der Waals surface area contributed by atoms with E-state index in [9.17, 15) is 9.59 Å². The van der Waals surface area contributed by atoms with Crippen LogP contribution in [0.15, 0.2) is 53.3 Å². The summed E-state index contributed by atoms with van der Waals surface area (Å²) >= 11 is 0. The molecule has 9 heteroatoms. The van der Waals surface area contributed by atoms with Gasteiger partial charge in [0.05, 0.1) is 36.2 Å². The third kappa shape index (κ3) is 4.57. The highest BCUT2D eigenvalue weighted by Crippen LogP contribution is 2.28. The summed E-state index contributed by atoms with van der Waals surface area (Å²) in [5.74, 6) is -0.126. The number of nitrogens with zero attached hydrogens (tertiary/aromatic N) is 3. The van der Waals surface area contributed by atoms with Crippen LogP contribution in [0.25, 0.3) is 22.5 Å². The van der Waals surface area contributed by atoms with Crippen LogP contribution in [0.5, 0.6) is 5.75 Å². The number of aryl methyl sites for hydroxylation is 1. The maximum atomic E-state index is 13.0. The Morgan fingerprint density at radius 1 is 1.21 bits per heavy atom. The highest BCUT2D eigenvalue weighted by atomic mass is 16.5. The summed E-state index contributed by atoms with van der Waals surface area (Å²) in [6.45, 7) is 5.37. The van der Waals surface area contributed by atoms with E-state index in [2.05, 4.69) is 15.4 Å². The molecule has 0 unspecified atom stereocenters. The average Bonchev–Trinajstić information content (AvgIpc) is 3.47. The number of fused-ring (bicyclic) bond motifs is 1. The molecule has 0 bridgehead atoms. The van der Waals surface area contributed by atoms with E-state index in [4.69, 9.17) is 13.9 Å². The minimum absolute atomic E-state index is 0.0285. The molecule has 0 aliphatic carbocycles. The highest BCUT2D eigenvalue weighted by molar-refractivity contribution is 6.04. The maximum absolute atomic E-state index is 13.0. The number of pyridine rings is 1. The van der Waals surface area contributed by atoms with Gasteiger partial charge >= 0.3 is 5.97 Å². The zero-order valence-electron chi connectivity index (χ0n) is 18.8. The summed E-state index contributed by atoms with van der Waals surface area (Å²) in [5.41, 5.74) is 2.70. The summed E-state index contributed by atoms with van der Waals surface area (Å²) in [6.07, 6.45) is 3.10. The number of hydrogen-bond acceptors (Lipinski definition) is 7. The predicted octanol–water partition coefficient (Wildman–Crippen LogP) is 4.38. The number of aromatic nitrogens is 3. The molecule has 0 spiro atoms. The SMILES string of the molecule is COc1ccc(C)cc1NC(=O)COC(=O)c1cc(-c2ccco2)nc2c1cnn2C(C)C. The average molecular weight is 448 g/mol. The van der Waals surface area contributed by atoms with Crippen molar-refractivity contribution in [3.8, 4) is 17.2 Å². The fraction of sp³-hybridized carbons (Fsp3) is 0.250. The summed E-state index contributed by atoms with van der Waals surface area (Å²) in [7, 11) is 1.52. The first-order chi connectivity index (χ1) is 15.9. The van der Waals surface area contributed by atoms with Crippen LogP contribution >= 0.6 is 0 Å². The number of furan rings is 1. The predicted molar refractivity (Wildman–Crippen MR) is 122 cm³/mol. The number of methoxy groups -OCH3 is 1. The van der Waals surface area contributed by atoms with Crippen LogP contribution < -0.4 is 10.1 Å². The molecule has 4 rings (SSSR count). The van der Waals surface area contributed by atoms with Gasteiger partial charge in [0.25, 0.3) is 5.91 Å². The number of esters is 1. The molecule has 4 aromatic rings. The molecule has 3 aromatic heterocycles. The topological polar surface area (TPSA) is 108 Å². The smallest absolute Gasteiger partial charge is 0.339 e. The second-order valence-electron chi connectivity index (χ2n) is 7.78. The Bertz CT molecular complexity index is 1310. The van der Waals surface area contributed by atoms with E-state index in [0.717, 1.165) is 5.56 Å². The van der Waals surface area contributed by atoms with Crippen molar-refractivity contribution in [2.75, 3.05) is 19.0 Å². The monoisotopic (exact) mass is 448 g/mol. The number of nitrogens with one attached hydrogen (secondary N) is 1. The van der Waals surface area contributed by atoms with E-state index >= 15 is 0 Å². The van der Waals surface area contributed by atoms with Gasteiger partial charge in [-0.1, -0.05) is 6.07 Å². The molecule has 1 aromatic carbocycles. The molecule has 170 valence electrons. The Labute approximate surface area is 190 Å². The van der Waals surface area contributed by atoms with Gasteiger partial charge < -0.3 is 19.2 Å². The van der Waals surface area contributed by atoms with Crippen molar-refractivity contribution < 1.29 is 23.5 Å². The Balaban J connectivity index is 1.58. The lowest BCUT2D eigenvalue weighted by molar-refractivity contribution is -0.119. The van der Waals surface area contributed by atoms with Crippen LogP contribution in [0.1, 0.15) is 35.8 Å². The normalized spacial score (nSPS) is 11.1. The van der Waals surface area contributed by atoms with Crippen LogP contribution in [-0.4, -0.2) is 40.4 Å². The number of carbonyl (C=O) groups is 2. The summed E-state index contributed by atoms with van der Waals surface area (Å²) in [6, 6.07) is 10.5. The first-order valence-electron chi connectivity index (χ1n) is 10.4. The Morgan fingerprint density at radius 2 is 2.03 bits per heavy atom. The number of benzene rings is 1. The first-order valence-corrected chi connectivity index (χ1v) is 10.4. The minimum Gasteiger partial charge on any atom is -0.495 e. The number of anilines is 1. The van der Waals surface area contributed by atoms with Gasteiger partial charge in [0.1, 0.15) is 11.4 Å². The lowest BCUT2D eigenvalue weighted by Gasteiger charge is -2.12. The van der Waals surface area contributed by atoms with Gasteiger partial charge in [-0.25, -0.2) is 14.5 Å². The van der Waals surface area contributed by atoms with Gasteiger partial charge in [-0.15, -0.1) is 0 Å². The molecule has 0 saturated heterocycles. The van der Waals surface area contributed by atoms with E-state index in [0.29, 0.717) is 33.9 Å². The fourth-order valence-electron chi connectivity index (χ4n) is 3.43. The molecule has 0 atom stereocenters. The number of rotatable bonds is 7. The zero-order valence-corrected chi connectivity index (χ0v) is 18.8. The minimum atomic E-state index is -0.662. The largest absolute Gasteiger partial charge is 0.495 e. The van der Waals surface area contributed by atoms with E-state index in [1.54, 1.807) is 41.2 Å². The number of carbonyl (C=O) groups excluding carboxylic acids is 2. The molecule has 0 radical (unpaired) electrons. The number of amides is 1. The van der Waals surface area contributed by atoms with Crippen molar-refractivity contribution in [2.45, 2.75) is 26.8 Å². The van der Waals surface area contributed by atoms with Gasteiger partial charge in [0.15, 0.2) is 18.0 Å². The van der Waals surface area contributed by atoms with Crippen molar-refractivity contribution in [2.24, 2.45) is 0 Å².